The molecule has 3 aromatic rings. The number of imide groups is 1. The predicted octanol–water partition coefficient (Wildman–Crippen LogP) is 4.23. The summed E-state index contributed by atoms with van der Waals surface area (Å²) in [4.78, 5) is 53.1. The van der Waals surface area contributed by atoms with Gasteiger partial charge >= 0.3 is 0 Å². The number of carbonyl (C=O) groups excluding carboxylic acids is 3. The standard InChI is InChI=1S/C27H24IN3O7/c1-37-23-12-3-17(15-24(23)38-2)13-14-29(26(33)18-4-8-21(9-5-18)31(35)36)22-16-25(32)30(27(22)34)20-10-6-19(28)7-11-20/h3-12,15,22H,13-14,16H2,1-2H3. The van der Waals surface area contributed by atoms with E-state index in [4.69, 9.17) is 9.47 Å². The SMILES string of the molecule is COc1ccc(CCN(C(=O)c2ccc([N+](=O)[O-])cc2)C2CC(=O)N(c3ccc(I)cc3)C2=O)cc1OC. The van der Waals surface area contributed by atoms with Crippen LogP contribution in [0.3, 0.4) is 0 Å². The molecule has 4 rings (SSSR count). The van der Waals surface area contributed by atoms with Crippen LogP contribution in [-0.4, -0.2) is 54.4 Å². The number of benzene rings is 3. The first kappa shape index (κ1) is 27.0. The highest BCUT2D eigenvalue weighted by molar-refractivity contribution is 14.1. The predicted molar refractivity (Wildman–Crippen MR) is 147 cm³/mol. The van der Waals surface area contributed by atoms with Crippen molar-refractivity contribution in [3.63, 3.8) is 0 Å². The van der Waals surface area contributed by atoms with E-state index in [1.165, 1.54) is 43.4 Å². The maximum atomic E-state index is 13.6. The summed E-state index contributed by atoms with van der Waals surface area (Å²) in [5.41, 5.74) is 1.28. The van der Waals surface area contributed by atoms with Crippen LogP contribution in [0, 0.1) is 13.7 Å². The average molecular weight is 629 g/mol. The molecule has 1 atom stereocenters. The Balaban J connectivity index is 1.64. The second-order valence-electron chi connectivity index (χ2n) is 8.51. The summed E-state index contributed by atoms with van der Waals surface area (Å²) in [5.74, 6) is -0.335. The molecular weight excluding hydrogens is 605 g/mol. The van der Waals surface area contributed by atoms with Crippen molar-refractivity contribution in [1.29, 1.82) is 0 Å². The quantitative estimate of drug-likeness (QED) is 0.150. The topological polar surface area (TPSA) is 119 Å². The molecular formula is C27H24IN3O7. The molecule has 11 heteroatoms. The Morgan fingerprint density at radius 2 is 1.68 bits per heavy atom. The van der Waals surface area contributed by atoms with Gasteiger partial charge in [-0.25, -0.2) is 4.90 Å². The van der Waals surface area contributed by atoms with Crippen molar-refractivity contribution in [2.75, 3.05) is 25.7 Å². The number of ether oxygens (including phenoxy) is 2. The molecule has 1 aliphatic heterocycles. The summed E-state index contributed by atoms with van der Waals surface area (Å²) in [6.07, 6.45) is 0.191. The van der Waals surface area contributed by atoms with E-state index in [9.17, 15) is 24.5 Å². The first-order chi connectivity index (χ1) is 18.2. The zero-order chi connectivity index (χ0) is 27.4. The molecule has 3 amide bonds. The zero-order valence-corrected chi connectivity index (χ0v) is 22.8. The highest BCUT2D eigenvalue weighted by Gasteiger charge is 2.44. The van der Waals surface area contributed by atoms with Gasteiger partial charge in [-0.3, -0.25) is 24.5 Å². The molecule has 3 aromatic carbocycles. The molecule has 0 spiro atoms. The number of nitro benzene ring substituents is 1. The van der Waals surface area contributed by atoms with Gasteiger partial charge in [0.2, 0.25) is 5.91 Å². The van der Waals surface area contributed by atoms with Crippen molar-refractivity contribution < 1.29 is 28.8 Å². The highest BCUT2D eigenvalue weighted by Crippen LogP contribution is 2.30. The molecule has 0 bridgehead atoms. The lowest BCUT2D eigenvalue weighted by Crippen LogP contribution is -2.46. The lowest BCUT2D eigenvalue weighted by Gasteiger charge is -2.28. The molecule has 1 fully saturated rings. The Morgan fingerprint density at radius 3 is 2.29 bits per heavy atom. The van der Waals surface area contributed by atoms with Gasteiger partial charge in [0.15, 0.2) is 11.5 Å². The normalized spacial score (nSPS) is 14.9. The van der Waals surface area contributed by atoms with Crippen LogP contribution in [-0.2, 0) is 16.0 Å². The minimum Gasteiger partial charge on any atom is -0.493 e. The summed E-state index contributed by atoms with van der Waals surface area (Å²) in [6, 6.07) is 16.5. The molecule has 0 aliphatic carbocycles. The van der Waals surface area contributed by atoms with E-state index in [2.05, 4.69) is 22.6 Å². The Labute approximate surface area is 232 Å². The fourth-order valence-corrected chi connectivity index (χ4v) is 4.66. The number of non-ortho nitro benzene ring substituents is 1. The second kappa shape index (κ2) is 11.6. The largest absolute Gasteiger partial charge is 0.493 e. The summed E-state index contributed by atoms with van der Waals surface area (Å²) >= 11 is 2.13. The number of halogens is 1. The minimum absolute atomic E-state index is 0.121. The van der Waals surface area contributed by atoms with Gasteiger partial charge in [0.25, 0.3) is 17.5 Å². The van der Waals surface area contributed by atoms with Gasteiger partial charge in [-0.1, -0.05) is 6.07 Å². The lowest BCUT2D eigenvalue weighted by molar-refractivity contribution is -0.384. The van der Waals surface area contributed by atoms with Crippen LogP contribution in [0.5, 0.6) is 11.5 Å². The molecule has 38 heavy (non-hydrogen) atoms. The van der Waals surface area contributed by atoms with Crippen molar-refractivity contribution in [1.82, 2.24) is 4.90 Å². The van der Waals surface area contributed by atoms with E-state index in [0.29, 0.717) is 23.6 Å². The fraction of sp³-hybridized carbons (Fsp3) is 0.222. The van der Waals surface area contributed by atoms with E-state index >= 15 is 0 Å². The summed E-state index contributed by atoms with van der Waals surface area (Å²) < 4.78 is 11.6. The third-order valence-corrected chi connectivity index (χ3v) is 6.98. The van der Waals surface area contributed by atoms with Gasteiger partial charge in [-0.15, -0.1) is 0 Å². The number of carbonyl (C=O) groups is 3. The summed E-state index contributed by atoms with van der Waals surface area (Å²) in [6.45, 7) is 0.121. The molecule has 0 aromatic heterocycles. The average Bonchev–Trinajstić information content (AvgIpc) is 3.22. The summed E-state index contributed by atoms with van der Waals surface area (Å²) in [5, 5.41) is 11.1. The van der Waals surface area contributed by atoms with E-state index in [1.54, 1.807) is 36.4 Å². The highest BCUT2D eigenvalue weighted by atomic mass is 127. The maximum Gasteiger partial charge on any atom is 0.269 e. The van der Waals surface area contributed by atoms with Crippen molar-refractivity contribution in [2.24, 2.45) is 0 Å². The first-order valence-corrected chi connectivity index (χ1v) is 12.7. The van der Waals surface area contributed by atoms with Crippen LogP contribution in [0.4, 0.5) is 11.4 Å². The number of nitrogens with zero attached hydrogens (tertiary/aromatic N) is 3. The number of anilines is 1. The van der Waals surface area contributed by atoms with Gasteiger partial charge in [0, 0.05) is 27.8 Å². The number of amides is 3. The molecule has 1 unspecified atom stereocenters. The number of rotatable bonds is 9. The van der Waals surface area contributed by atoms with Gasteiger partial charge in [0.05, 0.1) is 31.3 Å². The van der Waals surface area contributed by atoms with Crippen molar-refractivity contribution in [3.8, 4) is 11.5 Å². The van der Waals surface area contributed by atoms with Crippen LogP contribution < -0.4 is 14.4 Å². The molecule has 1 saturated heterocycles. The van der Waals surface area contributed by atoms with Crippen molar-refractivity contribution >= 4 is 51.7 Å². The smallest absolute Gasteiger partial charge is 0.269 e. The van der Waals surface area contributed by atoms with Gasteiger partial charge in [-0.2, -0.15) is 0 Å². The molecule has 1 aliphatic rings. The number of nitro groups is 1. The molecule has 196 valence electrons. The molecule has 0 N–H and O–H groups in total. The third kappa shape index (κ3) is 5.62. The lowest BCUT2D eigenvalue weighted by atomic mass is 10.1. The maximum absolute atomic E-state index is 13.6. The van der Waals surface area contributed by atoms with Crippen LogP contribution >= 0.6 is 22.6 Å². The van der Waals surface area contributed by atoms with Crippen LogP contribution in [0.1, 0.15) is 22.3 Å². The Morgan fingerprint density at radius 1 is 1.03 bits per heavy atom. The zero-order valence-electron chi connectivity index (χ0n) is 20.6. The van der Waals surface area contributed by atoms with E-state index < -0.39 is 28.7 Å². The van der Waals surface area contributed by atoms with Crippen LogP contribution in [0.2, 0.25) is 0 Å². The Kier molecular flexibility index (Phi) is 8.25. The van der Waals surface area contributed by atoms with Crippen LogP contribution in [0.15, 0.2) is 66.7 Å². The van der Waals surface area contributed by atoms with E-state index in [-0.39, 0.29) is 24.2 Å². The van der Waals surface area contributed by atoms with Crippen LogP contribution in [0.25, 0.3) is 0 Å². The van der Waals surface area contributed by atoms with Gasteiger partial charge in [-0.05, 0) is 83.1 Å². The number of methoxy groups -OCH3 is 2. The van der Waals surface area contributed by atoms with E-state index in [0.717, 1.165) is 14.0 Å². The van der Waals surface area contributed by atoms with Crippen molar-refractivity contribution in [2.45, 2.75) is 18.9 Å². The fourth-order valence-electron chi connectivity index (χ4n) is 4.30. The second-order valence-corrected chi connectivity index (χ2v) is 9.75. The summed E-state index contributed by atoms with van der Waals surface area (Å²) in [7, 11) is 3.05. The monoisotopic (exact) mass is 629 g/mol. The first-order valence-electron chi connectivity index (χ1n) is 11.6. The van der Waals surface area contributed by atoms with Gasteiger partial charge in [0.1, 0.15) is 6.04 Å². The Bertz CT molecular complexity index is 1380. The third-order valence-electron chi connectivity index (χ3n) is 6.26. The van der Waals surface area contributed by atoms with E-state index in [1.807, 2.05) is 6.07 Å². The molecule has 1 heterocycles. The molecule has 0 radical (unpaired) electrons. The van der Waals surface area contributed by atoms with Gasteiger partial charge < -0.3 is 14.4 Å². The number of hydrogen-bond donors (Lipinski definition) is 0. The molecule has 0 saturated carbocycles. The molecule has 10 nitrogen and oxygen atoms in total. The van der Waals surface area contributed by atoms with Crippen molar-refractivity contribution in [3.05, 3.63) is 91.5 Å². The number of hydrogen-bond acceptors (Lipinski definition) is 7. The minimum atomic E-state index is -1.02. The Hall–Kier alpha value is -4.00.